The molecule has 9 heteroatoms. The summed E-state index contributed by atoms with van der Waals surface area (Å²) in [6, 6.07) is 20.2. The maximum absolute atomic E-state index is 13.6. The standard InChI is InChI=1S/C26H23N5O4/c1-17-7-9-20(24(32)27-13-19-8-10-22-23(11-19)35-16-34-22)12-21(17)25(33)31(26-28-15-29-30-26)14-18-5-3-2-4-6-18/h2-12,15H,13-14,16H2,1H3,(H,27,32)(H,28,29,30). The number of aromatic nitrogens is 3. The monoisotopic (exact) mass is 469 g/mol. The van der Waals surface area contributed by atoms with Crippen LogP contribution in [0.25, 0.3) is 0 Å². The number of aryl methyl sites for hydroxylation is 1. The van der Waals surface area contributed by atoms with E-state index in [4.69, 9.17) is 9.47 Å². The van der Waals surface area contributed by atoms with E-state index in [0.29, 0.717) is 41.7 Å². The molecule has 0 radical (unpaired) electrons. The number of fused-ring (bicyclic) bond motifs is 1. The fraction of sp³-hybridized carbons (Fsp3) is 0.154. The second kappa shape index (κ2) is 9.68. The first-order chi connectivity index (χ1) is 17.1. The molecule has 1 aliphatic heterocycles. The summed E-state index contributed by atoms with van der Waals surface area (Å²) in [6.07, 6.45) is 1.35. The van der Waals surface area contributed by atoms with Gasteiger partial charge in [-0.15, -0.1) is 0 Å². The van der Waals surface area contributed by atoms with Crippen molar-refractivity contribution in [1.29, 1.82) is 0 Å². The van der Waals surface area contributed by atoms with E-state index in [1.807, 2.05) is 55.5 Å². The van der Waals surface area contributed by atoms with Crippen LogP contribution in [0.2, 0.25) is 0 Å². The quantitative estimate of drug-likeness (QED) is 0.428. The molecule has 4 aromatic rings. The van der Waals surface area contributed by atoms with Crippen molar-refractivity contribution in [2.45, 2.75) is 20.0 Å². The minimum Gasteiger partial charge on any atom is -0.454 e. The van der Waals surface area contributed by atoms with Gasteiger partial charge < -0.3 is 14.8 Å². The van der Waals surface area contributed by atoms with Crippen molar-refractivity contribution in [2.24, 2.45) is 0 Å². The van der Waals surface area contributed by atoms with Gasteiger partial charge >= 0.3 is 0 Å². The van der Waals surface area contributed by atoms with E-state index in [-0.39, 0.29) is 18.6 Å². The number of ether oxygens (including phenoxy) is 2. The molecule has 0 aliphatic carbocycles. The molecule has 0 atom stereocenters. The Morgan fingerprint density at radius 2 is 1.83 bits per heavy atom. The van der Waals surface area contributed by atoms with Gasteiger partial charge in [-0.2, -0.15) is 10.1 Å². The summed E-state index contributed by atoms with van der Waals surface area (Å²) in [5.41, 5.74) is 3.36. The van der Waals surface area contributed by atoms with Crippen LogP contribution in [-0.4, -0.2) is 33.8 Å². The number of aromatic amines is 1. The van der Waals surface area contributed by atoms with E-state index in [0.717, 1.165) is 16.7 Å². The fourth-order valence-electron chi connectivity index (χ4n) is 3.81. The lowest BCUT2D eigenvalue weighted by molar-refractivity contribution is 0.0951. The number of benzene rings is 3. The zero-order chi connectivity index (χ0) is 24.2. The lowest BCUT2D eigenvalue weighted by Gasteiger charge is -2.21. The van der Waals surface area contributed by atoms with Crippen LogP contribution in [0.4, 0.5) is 5.95 Å². The van der Waals surface area contributed by atoms with Gasteiger partial charge in [-0.05, 0) is 47.9 Å². The molecule has 2 N–H and O–H groups in total. The van der Waals surface area contributed by atoms with Crippen LogP contribution < -0.4 is 19.7 Å². The van der Waals surface area contributed by atoms with Crippen molar-refractivity contribution in [3.8, 4) is 11.5 Å². The number of amides is 2. The molecule has 2 amide bonds. The zero-order valence-electron chi connectivity index (χ0n) is 19.0. The summed E-state index contributed by atoms with van der Waals surface area (Å²) in [5, 5.41) is 9.56. The average molecular weight is 470 g/mol. The predicted octanol–water partition coefficient (Wildman–Crippen LogP) is 3.62. The van der Waals surface area contributed by atoms with Gasteiger partial charge in [0, 0.05) is 17.7 Å². The molecular weight excluding hydrogens is 446 g/mol. The number of nitrogens with one attached hydrogen (secondary N) is 2. The minimum atomic E-state index is -0.286. The lowest BCUT2D eigenvalue weighted by atomic mass is 10.0. The van der Waals surface area contributed by atoms with Gasteiger partial charge in [0.25, 0.3) is 11.8 Å². The van der Waals surface area contributed by atoms with E-state index in [1.165, 1.54) is 11.2 Å². The Labute approximate surface area is 201 Å². The van der Waals surface area contributed by atoms with Gasteiger partial charge in [0.15, 0.2) is 11.5 Å². The van der Waals surface area contributed by atoms with Crippen molar-refractivity contribution < 1.29 is 19.1 Å². The number of carbonyl (C=O) groups is 2. The number of hydrogen-bond donors (Lipinski definition) is 2. The smallest absolute Gasteiger partial charge is 0.261 e. The Bertz CT molecular complexity index is 1360. The number of nitrogens with zero attached hydrogens (tertiary/aromatic N) is 3. The number of anilines is 1. The summed E-state index contributed by atoms with van der Waals surface area (Å²) in [5.74, 6) is 1.11. The molecule has 9 nitrogen and oxygen atoms in total. The maximum atomic E-state index is 13.6. The van der Waals surface area contributed by atoms with E-state index in [1.54, 1.807) is 18.2 Å². The molecule has 3 aromatic carbocycles. The highest BCUT2D eigenvalue weighted by Gasteiger charge is 2.23. The molecule has 5 rings (SSSR count). The number of rotatable bonds is 7. The molecule has 0 fully saturated rings. The largest absolute Gasteiger partial charge is 0.454 e. The molecule has 0 spiro atoms. The topological polar surface area (TPSA) is 109 Å². The summed E-state index contributed by atoms with van der Waals surface area (Å²) in [6.45, 7) is 2.64. The second-order valence-corrected chi connectivity index (χ2v) is 8.09. The Balaban J connectivity index is 1.35. The third-order valence-electron chi connectivity index (χ3n) is 5.71. The van der Waals surface area contributed by atoms with E-state index >= 15 is 0 Å². The normalized spacial score (nSPS) is 11.8. The van der Waals surface area contributed by atoms with Gasteiger partial charge in [0.1, 0.15) is 6.33 Å². The number of hydrogen-bond acceptors (Lipinski definition) is 6. The SMILES string of the molecule is Cc1ccc(C(=O)NCc2ccc3c(c2)OCO3)cc1C(=O)N(Cc1ccccc1)c1ncn[nH]1. The highest BCUT2D eigenvalue weighted by Crippen LogP contribution is 2.32. The molecule has 2 heterocycles. The zero-order valence-corrected chi connectivity index (χ0v) is 19.0. The molecule has 176 valence electrons. The van der Waals surface area contributed by atoms with E-state index in [9.17, 15) is 9.59 Å². The van der Waals surface area contributed by atoms with Crippen LogP contribution in [0.1, 0.15) is 37.4 Å². The highest BCUT2D eigenvalue weighted by molar-refractivity contribution is 6.07. The lowest BCUT2D eigenvalue weighted by Crippen LogP contribution is -2.32. The molecule has 35 heavy (non-hydrogen) atoms. The number of carbonyl (C=O) groups excluding carboxylic acids is 2. The molecule has 0 unspecified atom stereocenters. The van der Waals surface area contributed by atoms with Crippen LogP contribution >= 0.6 is 0 Å². The van der Waals surface area contributed by atoms with Crippen molar-refractivity contribution in [1.82, 2.24) is 20.5 Å². The average Bonchev–Trinajstić information content (AvgIpc) is 3.58. The number of H-pyrrole nitrogens is 1. The van der Waals surface area contributed by atoms with E-state index in [2.05, 4.69) is 20.5 Å². The minimum absolute atomic E-state index is 0.195. The predicted molar refractivity (Wildman–Crippen MR) is 128 cm³/mol. The molecule has 1 aliphatic rings. The van der Waals surface area contributed by atoms with Crippen LogP contribution in [0, 0.1) is 6.92 Å². The maximum Gasteiger partial charge on any atom is 0.261 e. The Hall–Kier alpha value is -4.66. The third-order valence-corrected chi connectivity index (χ3v) is 5.71. The van der Waals surface area contributed by atoms with Crippen molar-refractivity contribution in [3.63, 3.8) is 0 Å². The highest BCUT2D eigenvalue weighted by atomic mass is 16.7. The second-order valence-electron chi connectivity index (χ2n) is 8.09. The van der Waals surface area contributed by atoms with E-state index < -0.39 is 0 Å². The van der Waals surface area contributed by atoms with Crippen LogP contribution in [0.5, 0.6) is 11.5 Å². The first kappa shape index (κ1) is 22.1. The van der Waals surface area contributed by atoms with Gasteiger partial charge in [-0.1, -0.05) is 42.5 Å². The summed E-state index contributed by atoms with van der Waals surface area (Å²) in [4.78, 5) is 32.2. The first-order valence-corrected chi connectivity index (χ1v) is 11.1. The van der Waals surface area contributed by atoms with Crippen LogP contribution in [0.15, 0.2) is 73.1 Å². The Morgan fingerprint density at radius 1 is 1.00 bits per heavy atom. The van der Waals surface area contributed by atoms with Gasteiger partial charge in [-0.25, -0.2) is 5.10 Å². The Kier molecular flexibility index (Phi) is 6.13. The molecular formula is C26H23N5O4. The van der Waals surface area contributed by atoms with Crippen LogP contribution in [0.3, 0.4) is 0 Å². The van der Waals surface area contributed by atoms with Gasteiger partial charge in [0.2, 0.25) is 12.7 Å². The summed E-state index contributed by atoms with van der Waals surface area (Å²) in [7, 11) is 0. The molecule has 0 saturated heterocycles. The van der Waals surface area contributed by atoms with Gasteiger partial charge in [0.05, 0.1) is 6.54 Å². The van der Waals surface area contributed by atoms with Crippen molar-refractivity contribution in [3.05, 3.63) is 101 Å². The van der Waals surface area contributed by atoms with Gasteiger partial charge in [-0.3, -0.25) is 14.5 Å². The van der Waals surface area contributed by atoms with Crippen molar-refractivity contribution >= 4 is 17.8 Å². The van der Waals surface area contributed by atoms with Crippen LogP contribution in [-0.2, 0) is 13.1 Å². The molecule has 0 bridgehead atoms. The molecule has 0 saturated carbocycles. The summed E-state index contributed by atoms with van der Waals surface area (Å²) >= 11 is 0. The van der Waals surface area contributed by atoms with Crippen molar-refractivity contribution in [2.75, 3.05) is 11.7 Å². The summed E-state index contributed by atoms with van der Waals surface area (Å²) < 4.78 is 10.7. The first-order valence-electron chi connectivity index (χ1n) is 11.1. The Morgan fingerprint density at radius 3 is 2.63 bits per heavy atom. The molecule has 1 aromatic heterocycles. The fourth-order valence-corrected chi connectivity index (χ4v) is 3.81. The third kappa shape index (κ3) is 4.84.